The lowest BCUT2D eigenvalue weighted by Crippen LogP contribution is -2.60. The fourth-order valence-corrected chi connectivity index (χ4v) is 14.1. The molecule has 35 atom stereocenters. The minimum atomic E-state index is -1.64. The van der Waals surface area contributed by atoms with E-state index >= 15 is 0 Å². The van der Waals surface area contributed by atoms with Gasteiger partial charge in [-0.2, -0.15) is 0 Å². The number of hydrogen-bond acceptors (Lipinski definition) is 34. The van der Waals surface area contributed by atoms with E-state index in [1.165, 1.54) is 0 Å². The van der Waals surface area contributed by atoms with Crippen molar-refractivity contribution in [1.29, 1.82) is 0 Å². The third kappa shape index (κ3) is 19.2. The average molecular weight is 1370 g/mol. The summed E-state index contributed by atoms with van der Waals surface area (Å²) in [5.74, 6) is -6.50. The smallest absolute Gasteiger partial charge is 0.110 e. The van der Waals surface area contributed by atoms with Crippen LogP contribution in [0.15, 0.2) is 0 Å². The summed E-state index contributed by atoms with van der Waals surface area (Å²) in [6, 6.07) is 0. The molecule has 0 aromatic heterocycles. The summed E-state index contributed by atoms with van der Waals surface area (Å²) in [6.07, 6.45) is -33.4. The molecule has 7 heterocycles. The molecule has 0 aromatic carbocycles. The molecule has 0 saturated carbocycles. The zero-order chi connectivity index (χ0) is 68.7. The van der Waals surface area contributed by atoms with Gasteiger partial charge in [0.1, 0.15) is 79.4 Å². The van der Waals surface area contributed by atoms with Gasteiger partial charge in [-0.25, -0.2) is 0 Å². The third-order valence-corrected chi connectivity index (χ3v) is 20.0. The molecule has 94 heavy (non-hydrogen) atoms. The van der Waals surface area contributed by atoms with E-state index in [0.29, 0.717) is 25.7 Å². The molecule has 0 bridgehead atoms. The molecule has 0 radical (unpaired) electrons. The molecule has 0 aliphatic carbocycles. The van der Waals surface area contributed by atoms with Crippen LogP contribution in [0.25, 0.3) is 0 Å². The summed E-state index contributed by atoms with van der Waals surface area (Å²) in [5, 5.41) is 225. The molecular weight excluding hydrogens is 1260 g/mol. The van der Waals surface area contributed by atoms with E-state index in [9.17, 15) is 107 Å². The van der Waals surface area contributed by atoms with Crippen molar-refractivity contribution in [2.45, 2.75) is 210 Å². The van der Waals surface area contributed by atoms with Crippen LogP contribution in [0.2, 0.25) is 0 Å². The van der Waals surface area contributed by atoms with Gasteiger partial charge in [0.15, 0.2) is 0 Å². The second kappa shape index (κ2) is 38.6. The van der Waals surface area contributed by atoms with Gasteiger partial charge in [-0.05, 0) is 12.8 Å². The minimum Gasteiger partial charge on any atom is -0.394 e. The Labute approximate surface area is 544 Å². The van der Waals surface area contributed by atoms with Gasteiger partial charge in [-0.3, -0.25) is 0 Å². The maximum absolute atomic E-state index is 11.3. The van der Waals surface area contributed by atoms with E-state index < -0.39 is 272 Å². The number of hydrogen-bond donors (Lipinski definition) is 21. The van der Waals surface area contributed by atoms with Crippen molar-refractivity contribution in [3.63, 3.8) is 0 Å². The largest absolute Gasteiger partial charge is 0.394 e. The first-order valence-corrected chi connectivity index (χ1v) is 32.9. The molecule has 0 spiro atoms. The Morgan fingerprint density at radius 2 is 0.351 bits per heavy atom. The average Bonchev–Trinajstić information content (AvgIpc) is 0.843. The lowest BCUT2D eigenvalue weighted by Gasteiger charge is -2.45. The summed E-state index contributed by atoms with van der Waals surface area (Å²) >= 11 is 0. The third-order valence-electron chi connectivity index (χ3n) is 20.0. The van der Waals surface area contributed by atoms with Crippen LogP contribution in [-0.2, 0) is 61.6 Å². The second-order valence-electron chi connectivity index (χ2n) is 26.1. The molecule has 34 heteroatoms. The van der Waals surface area contributed by atoms with Crippen LogP contribution in [-0.4, -0.2) is 404 Å². The van der Waals surface area contributed by atoms with Gasteiger partial charge >= 0.3 is 0 Å². The molecule has 35 unspecified atom stereocenters. The predicted molar refractivity (Wildman–Crippen MR) is 313 cm³/mol. The maximum Gasteiger partial charge on any atom is 0.110 e. The first-order chi connectivity index (χ1) is 45.1. The predicted octanol–water partition coefficient (Wildman–Crippen LogP) is -10.6. The molecule has 552 valence electrons. The van der Waals surface area contributed by atoms with E-state index in [-0.39, 0.29) is 66.1 Å². The summed E-state index contributed by atoms with van der Waals surface area (Å²) in [7, 11) is 0. The molecular formula is C60H108O34. The number of aliphatic hydroxyl groups is 21. The lowest BCUT2D eigenvalue weighted by molar-refractivity contribution is -0.254. The summed E-state index contributed by atoms with van der Waals surface area (Å²) < 4.78 is 75.7. The quantitative estimate of drug-likeness (QED) is 0.0280. The molecule has 0 aromatic rings. The molecule has 7 rings (SSSR count). The van der Waals surface area contributed by atoms with E-state index in [2.05, 4.69) is 0 Å². The molecule has 7 saturated heterocycles. The van der Waals surface area contributed by atoms with Crippen LogP contribution >= 0.6 is 0 Å². The number of aliphatic hydroxyl groups excluding tert-OH is 21. The van der Waals surface area contributed by atoms with Gasteiger partial charge in [-0.15, -0.1) is 0 Å². The standard InChI is InChI=1S/C60H108O34/c1-3-5-26-34(7-61)89-41(55(76)47(26)68)20-83-15-28-36(9-63)91-43(57(78)49(28)70)22-85-17-30-38(11-65)93-45(59(80)51(30)72)24-87-19-32-40(13-67)94-46(60(81)53(32)74)25-86-18-31-39(12-66)92-44(58(79)52(31)73)23-84-16-29-37(10-64)90-42(56(77)50(29)71)21-82-14-27-35(8-62)88-33(6-4-2)54(75)48(27)69/h26-81H,3-25H2,1-2H3. The van der Waals surface area contributed by atoms with E-state index in [1.807, 2.05) is 13.8 Å². The highest BCUT2D eigenvalue weighted by atomic mass is 16.6. The zero-order valence-corrected chi connectivity index (χ0v) is 53.2. The van der Waals surface area contributed by atoms with E-state index in [4.69, 9.17) is 61.6 Å². The molecule has 21 N–H and O–H groups in total. The van der Waals surface area contributed by atoms with Crippen molar-refractivity contribution in [2.24, 2.45) is 41.4 Å². The number of ether oxygens (including phenoxy) is 13. The Morgan fingerprint density at radius 1 is 0.191 bits per heavy atom. The van der Waals surface area contributed by atoms with E-state index in [0.717, 1.165) is 0 Å². The fraction of sp³-hybridized carbons (Fsp3) is 1.00. The van der Waals surface area contributed by atoms with Gasteiger partial charge in [-0.1, -0.05) is 26.7 Å². The van der Waals surface area contributed by atoms with E-state index in [1.54, 1.807) is 0 Å². The Balaban J connectivity index is 0.800. The van der Waals surface area contributed by atoms with Crippen molar-refractivity contribution in [3.8, 4) is 0 Å². The SMILES string of the molecule is CCCC1OC(CO)C(COCC2OC(CO)C(COCC3OC(CO)C(COCC4OC(CO)C(COCC5OC(CO)C(COCC6OC(CO)C(COCC7OC(CO)C(CCC)C(O)C7O)C(O)C6O)C(O)C5O)C(O)C4O)C(O)C3O)C(O)C2O)C(O)C1O. The Bertz CT molecular complexity index is 2090. The normalized spacial score (nSPS) is 46.4. The maximum atomic E-state index is 11.3. The number of rotatable bonds is 35. The fourth-order valence-electron chi connectivity index (χ4n) is 14.1. The van der Waals surface area contributed by atoms with Crippen LogP contribution < -0.4 is 0 Å². The molecule has 7 aliphatic heterocycles. The van der Waals surface area contributed by atoms with Crippen LogP contribution in [0.1, 0.15) is 39.5 Å². The van der Waals surface area contributed by atoms with Crippen LogP contribution in [0.5, 0.6) is 0 Å². The topological polar surface area (TPSA) is 545 Å². The van der Waals surface area contributed by atoms with Crippen LogP contribution in [0.3, 0.4) is 0 Å². The monoisotopic (exact) mass is 1370 g/mol. The van der Waals surface area contributed by atoms with Gasteiger partial charge < -0.3 is 169 Å². The first-order valence-electron chi connectivity index (χ1n) is 32.9. The molecule has 7 fully saturated rings. The highest BCUT2D eigenvalue weighted by molar-refractivity contribution is 4.99. The van der Waals surface area contributed by atoms with Crippen molar-refractivity contribution < 1.29 is 169 Å². The first kappa shape index (κ1) is 80.0. The Kier molecular flexibility index (Phi) is 32.8. The van der Waals surface area contributed by atoms with Gasteiger partial charge in [0.2, 0.25) is 0 Å². The highest BCUT2D eigenvalue weighted by Gasteiger charge is 2.52. The highest BCUT2D eigenvalue weighted by Crippen LogP contribution is 2.36. The zero-order valence-electron chi connectivity index (χ0n) is 53.2. The van der Waals surface area contributed by atoms with Crippen LogP contribution in [0, 0.1) is 41.4 Å². The Morgan fingerprint density at radius 3 is 0.532 bits per heavy atom. The Hall–Kier alpha value is -1.36. The van der Waals surface area contributed by atoms with Crippen molar-refractivity contribution >= 4 is 0 Å². The molecule has 7 aliphatic rings. The van der Waals surface area contributed by atoms with Gasteiger partial charge in [0.25, 0.3) is 0 Å². The molecule has 34 nitrogen and oxygen atoms in total. The van der Waals surface area contributed by atoms with Gasteiger partial charge in [0, 0.05) is 41.4 Å². The lowest BCUT2D eigenvalue weighted by atomic mass is 9.84. The van der Waals surface area contributed by atoms with Crippen LogP contribution in [0.4, 0.5) is 0 Å². The van der Waals surface area contributed by atoms with Crippen molar-refractivity contribution in [3.05, 3.63) is 0 Å². The van der Waals surface area contributed by atoms with Crippen molar-refractivity contribution in [2.75, 3.05) is 126 Å². The summed E-state index contributed by atoms with van der Waals surface area (Å²) in [5.41, 5.74) is 0. The second-order valence-corrected chi connectivity index (χ2v) is 26.1. The molecule has 0 amide bonds. The summed E-state index contributed by atoms with van der Waals surface area (Å²) in [4.78, 5) is 0. The van der Waals surface area contributed by atoms with Gasteiger partial charge in [0.05, 0.1) is 217 Å². The summed E-state index contributed by atoms with van der Waals surface area (Å²) in [6.45, 7) is -4.42. The minimum absolute atomic E-state index is 0.208. The van der Waals surface area contributed by atoms with Crippen molar-refractivity contribution in [1.82, 2.24) is 0 Å².